The Labute approximate surface area is 116 Å². The fraction of sp³-hybridized carbons (Fsp3) is 0.857. The molecule has 110 valence electrons. The number of piperazine rings is 1. The van der Waals surface area contributed by atoms with Crippen molar-refractivity contribution in [1.29, 1.82) is 0 Å². The summed E-state index contributed by atoms with van der Waals surface area (Å²) in [7, 11) is 0. The van der Waals surface area contributed by atoms with Crippen LogP contribution in [0.2, 0.25) is 0 Å². The number of carbonyl (C=O) groups excluding carboxylic acids is 2. The maximum absolute atomic E-state index is 12.0. The summed E-state index contributed by atoms with van der Waals surface area (Å²) >= 11 is 0. The van der Waals surface area contributed by atoms with Crippen LogP contribution < -0.4 is 5.73 Å². The van der Waals surface area contributed by atoms with E-state index in [1.165, 1.54) is 0 Å². The Kier molecular flexibility index (Phi) is 6.28. The molecule has 0 aromatic rings. The van der Waals surface area contributed by atoms with Gasteiger partial charge in [-0.05, 0) is 18.9 Å². The highest BCUT2D eigenvalue weighted by Crippen LogP contribution is 2.10. The van der Waals surface area contributed by atoms with E-state index in [1.807, 2.05) is 23.6 Å². The zero-order valence-electron chi connectivity index (χ0n) is 12.4. The van der Waals surface area contributed by atoms with Gasteiger partial charge in [0.15, 0.2) is 0 Å². The van der Waals surface area contributed by atoms with Crippen molar-refractivity contribution < 1.29 is 9.59 Å². The fourth-order valence-electron chi connectivity index (χ4n) is 2.19. The third-order valence-electron chi connectivity index (χ3n) is 3.69. The highest BCUT2D eigenvalue weighted by molar-refractivity contribution is 5.79. The van der Waals surface area contributed by atoms with Crippen LogP contribution in [-0.2, 0) is 9.59 Å². The molecule has 1 rings (SSSR count). The van der Waals surface area contributed by atoms with E-state index in [4.69, 9.17) is 5.73 Å². The van der Waals surface area contributed by atoms with Crippen molar-refractivity contribution in [2.75, 3.05) is 32.7 Å². The first kappa shape index (κ1) is 16.0. The lowest BCUT2D eigenvalue weighted by Crippen LogP contribution is -2.51. The van der Waals surface area contributed by atoms with Gasteiger partial charge >= 0.3 is 0 Å². The van der Waals surface area contributed by atoms with Gasteiger partial charge in [0, 0.05) is 38.5 Å². The molecular weight excluding hydrogens is 242 g/mol. The summed E-state index contributed by atoms with van der Waals surface area (Å²) in [6, 6.07) is 0. The van der Waals surface area contributed by atoms with Crippen LogP contribution in [0.5, 0.6) is 0 Å². The van der Waals surface area contributed by atoms with Crippen molar-refractivity contribution in [2.24, 2.45) is 17.6 Å². The number of amides is 2. The van der Waals surface area contributed by atoms with Crippen LogP contribution >= 0.6 is 0 Å². The van der Waals surface area contributed by atoms with Crippen LogP contribution in [0, 0.1) is 11.8 Å². The normalized spacial score (nSPS) is 17.7. The summed E-state index contributed by atoms with van der Waals surface area (Å²) in [4.78, 5) is 27.6. The molecule has 19 heavy (non-hydrogen) atoms. The molecule has 0 aromatic heterocycles. The number of nitrogens with two attached hydrogens (primary N) is 1. The molecular formula is C14H27N3O2. The van der Waals surface area contributed by atoms with E-state index in [0.717, 1.165) is 6.42 Å². The Morgan fingerprint density at radius 1 is 1.05 bits per heavy atom. The second-order valence-corrected chi connectivity index (χ2v) is 5.74. The molecule has 0 spiro atoms. The molecule has 1 heterocycles. The van der Waals surface area contributed by atoms with Crippen molar-refractivity contribution in [2.45, 2.75) is 33.6 Å². The van der Waals surface area contributed by atoms with E-state index >= 15 is 0 Å². The van der Waals surface area contributed by atoms with E-state index in [2.05, 4.69) is 6.92 Å². The lowest BCUT2D eigenvalue weighted by atomic mass is 10.1. The molecule has 1 aliphatic rings. The smallest absolute Gasteiger partial charge is 0.225 e. The highest BCUT2D eigenvalue weighted by atomic mass is 16.2. The molecule has 0 bridgehead atoms. The maximum atomic E-state index is 12.0. The molecule has 5 heteroatoms. The van der Waals surface area contributed by atoms with Gasteiger partial charge in [-0.2, -0.15) is 0 Å². The van der Waals surface area contributed by atoms with E-state index in [-0.39, 0.29) is 17.7 Å². The average molecular weight is 269 g/mol. The predicted octanol–water partition coefficient (Wildman–Crippen LogP) is 0.688. The number of carbonyl (C=O) groups is 2. The van der Waals surface area contributed by atoms with E-state index in [1.54, 1.807) is 0 Å². The maximum Gasteiger partial charge on any atom is 0.225 e. The van der Waals surface area contributed by atoms with Gasteiger partial charge in [0.1, 0.15) is 0 Å². The standard InChI is InChI=1S/C14H27N3O2/c1-11(2)14(19)17-8-6-16(7-9-17)13(18)5-4-12(3)10-15/h11-12H,4-10,15H2,1-3H3. The van der Waals surface area contributed by atoms with Gasteiger partial charge in [-0.1, -0.05) is 20.8 Å². The predicted molar refractivity (Wildman–Crippen MR) is 75.5 cm³/mol. The van der Waals surface area contributed by atoms with Crippen LogP contribution in [-0.4, -0.2) is 54.3 Å². The molecule has 0 aromatic carbocycles. The lowest BCUT2D eigenvalue weighted by molar-refractivity contribution is -0.141. The second kappa shape index (κ2) is 7.48. The zero-order chi connectivity index (χ0) is 14.4. The Bertz CT molecular complexity index is 310. The molecule has 0 radical (unpaired) electrons. The summed E-state index contributed by atoms with van der Waals surface area (Å²) in [6.45, 7) is 9.16. The van der Waals surface area contributed by atoms with Crippen LogP contribution in [0.4, 0.5) is 0 Å². The molecule has 0 aliphatic carbocycles. The Morgan fingerprint density at radius 3 is 2.05 bits per heavy atom. The molecule has 1 saturated heterocycles. The Morgan fingerprint density at radius 2 is 1.58 bits per heavy atom. The van der Waals surface area contributed by atoms with E-state index in [0.29, 0.717) is 45.1 Å². The first-order valence-electron chi connectivity index (χ1n) is 7.22. The first-order chi connectivity index (χ1) is 8.95. The van der Waals surface area contributed by atoms with Gasteiger partial charge in [-0.3, -0.25) is 9.59 Å². The van der Waals surface area contributed by atoms with Gasteiger partial charge in [0.2, 0.25) is 11.8 Å². The van der Waals surface area contributed by atoms with Crippen molar-refractivity contribution >= 4 is 11.8 Å². The zero-order valence-corrected chi connectivity index (χ0v) is 12.4. The quantitative estimate of drug-likeness (QED) is 0.798. The summed E-state index contributed by atoms with van der Waals surface area (Å²) in [5.41, 5.74) is 5.55. The van der Waals surface area contributed by atoms with Crippen LogP contribution in [0.25, 0.3) is 0 Å². The van der Waals surface area contributed by atoms with Crippen molar-refractivity contribution in [1.82, 2.24) is 9.80 Å². The van der Waals surface area contributed by atoms with Gasteiger partial charge in [0.05, 0.1) is 0 Å². The monoisotopic (exact) mass is 269 g/mol. The summed E-state index contributed by atoms with van der Waals surface area (Å²) in [5.74, 6) is 0.807. The summed E-state index contributed by atoms with van der Waals surface area (Å²) in [5, 5.41) is 0. The highest BCUT2D eigenvalue weighted by Gasteiger charge is 2.25. The SMILES string of the molecule is CC(CN)CCC(=O)N1CCN(C(=O)C(C)C)CC1. The minimum Gasteiger partial charge on any atom is -0.339 e. The molecule has 1 unspecified atom stereocenters. The molecule has 1 atom stereocenters. The summed E-state index contributed by atoms with van der Waals surface area (Å²) in [6.07, 6.45) is 1.41. The number of rotatable bonds is 5. The van der Waals surface area contributed by atoms with Gasteiger partial charge in [0.25, 0.3) is 0 Å². The number of hydrogen-bond acceptors (Lipinski definition) is 3. The minimum absolute atomic E-state index is 0.0349. The number of hydrogen-bond donors (Lipinski definition) is 1. The minimum atomic E-state index is 0.0349. The Hall–Kier alpha value is -1.10. The molecule has 2 amide bonds. The fourth-order valence-corrected chi connectivity index (χ4v) is 2.19. The lowest BCUT2D eigenvalue weighted by Gasteiger charge is -2.35. The van der Waals surface area contributed by atoms with Gasteiger partial charge in [-0.15, -0.1) is 0 Å². The van der Waals surface area contributed by atoms with Crippen molar-refractivity contribution in [3.8, 4) is 0 Å². The van der Waals surface area contributed by atoms with Crippen LogP contribution in [0.15, 0.2) is 0 Å². The second-order valence-electron chi connectivity index (χ2n) is 5.74. The average Bonchev–Trinajstić information content (AvgIpc) is 2.43. The molecule has 2 N–H and O–H groups in total. The van der Waals surface area contributed by atoms with Crippen molar-refractivity contribution in [3.05, 3.63) is 0 Å². The summed E-state index contributed by atoms with van der Waals surface area (Å²) < 4.78 is 0. The molecule has 1 fully saturated rings. The van der Waals surface area contributed by atoms with Crippen LogP contribution in [0.1, 0.15) is 33.6 Å². The largest absolute Gasteiger partial charge is 0.339 e. The van der Waals surface area contributed by atoms with E-state index in [9.17, 15) is 9.59 Å². The third kappa shape index (κ3) is 4.82. The molecule has 0 saturated carbocycles. The topological polar surface area (TPSA) is 66.6 Å². The van der Waals surface area contributed by atoms with Crippen molar-refractivity contribution in [3.63, 3.8) is 0 Å². The van der Waals surface area contributed by atoms with E-state index < -0.39 is 0 Å². The molecule has 5 nitrogen and oxygen atoms in total. The number of nitrogens with zero attached hydrogens (tertiary/aromatic N) is 2. The first-order valence-corrected chi connectivity index (χ1v) is 7.22. The molecule has 1 aliphatic heterocycles. The van der Waals surface area contributed by atoms with Gasteiger partial charge in [-0.25, -0.2) is 0 Å². The van der Waals surface area contributed by atoms with Crippen LogP contribution in [0.3, 0.4) is 0 Å². The third-order valence-corrected chi connectivity index (χ3v) is 3.69. The Balaban J connectivity index is 2.33. The van der Waals surface area contributed by atoms with Gasteiger partial charge < -0.3 is 15.5 Å².